The van der Waals surface area contributed by atoms with Gasteiger partial charge in [-0.2, -0.15) is 0 Å². The van der Waals surface area contributed by atoms with E-state index in [0.717, 1.165) is 17.7 Å². The molecule has 1 aromatic carbocycles. The van der Waals surface area contributed by atoms with Gasteiger partial charge in [0.1, 0.15) is 0 Å². The van der Waals surface area contributed by atoms with Crippen LogP contribution < -0.4 is 5.32 Å². The Morgan fingerprint density at radius 1 is 1.47 bits per heavy atom. The normalized spacial score (nSPS) is 10.5. The van der Waals surface area contributed by atoms with Crippen molar-refractivity contribution in [2.45, 2.75) is 20.4 Å². The van der Waals surface area contributed by atoms with E-state index in [9.17, 15) is 10.1 Å². The van der Waals surface area contributed by atoms with Crippen LogP contribution in [0.1, 0.15) is 18.1 Å². The van der Waals surface area contributed by atoms with Gasteiger partial charge in [0, 0.05) is 31.3 Å². The first-order valence-corrected chi connectivity index (χ1v) is 5.68. The molecule has 1 aromatic rings. The SMILES string of the molecule is CCOCCNCc1cccc([N+](=O)[O-])c1C. The quantitative estimate of drug-likeness (QED) is 0.448. The summed E-state index contributed by atoms with van der Waals surface area (Å²) < 4.78 is 5.19. The van der Waals surface area contributed by atoms with Gasteiger partial charge in [-0.15, -0.1) is 0 Å². The second kappa shape index (κ2) is 6.98. The molecule has 0 unspecified atom stereocenters. The van der Waals surface area contributed by atoms with E-state index < -0.39 is 0 Å². The Kier molecular flexibility index (Phi) is 5.59. The summed E-state index contributed by atoms with van der Waals surface area (Å²) in [5.41, 5.74) is 1.85. The van der Waals surface area contributed by atoms with Crippen LogP contribution in [0.5, 0.6) is 0 Å². The van der Waals surface area contributed by atoms with E-state index >= 15 is 0 Å². The Balaban J connectivity index is 2.54. The Hall–Kier alpha value is -1.46. The van der Waals surface area contributed by atoms with Crippen LogP contribution in [0, 0.1) is 17.0 Å². The molecule has 94 valence electrons. The number of nitro benzene ring substituents is 1. The first-order chi connectivity index (χ1) is 8.16. The number of benzene rings is 1. The standard InChI is InChI=1S/C12H18N2O3/c1-3-17-8-7-13-9-11-5-4-6-12(10(11)2)14(15)16/h4-6,13H,3,7-9H2,1-2H3. The molecule has 0 heterocycles. The summed E-state index contributed by atoms with van der Waals surface area (Å²) in [6, 6.07) is 5.14. The summed E-state index contributed by atoms with van der Waals surface area (Å²) in [7, 11) is 0. The minimum Gasteiger partial charge on any atom is -0.380 e. The van der Waals surface area contributed by atoms with E-state index in [4.69, 9.17) is 4.74 Å². The van der Waals surface area contributed by atoms with Gasteiger partial charge in [-0.05, 0) is 19.4 Å². The summed E-state index contributed by atoms with van der Waals surface area (Å²) in [6.07, 6.45) is 0. The molecule has 0 aliphatic carbocycles. The summed E-state index contributed by atoms with van der Waals surface area (Å²) in [5, 5.41) is 14.0. The first kappa shape index (κ1) is 13.6. The maximum atomic E-state index is 10.8. The minimum absolute atomic E-state index is 0.175. The molecule has 0 spiro atoms. The van der Waals surface area contributed by atoms with Crippen molar-refractivity contribution in [2.75, 3.05) is 19.8 Å². The van der Waals surface area contributed by atoms with Gasteiger partial charge < -0.3 is 10.1 Å². The molecule has 0 aliphatic rings. The molecule has 17 heavy (non-hydrogen) atoms. The van der Waals surface area contributed by atoms with Crippen molar-refractivity contribution in [1.82, 2.24) is 5.32 Å². The van der Waals surface area contributed by atoms with Gasteiger partial charge >= 0.3 is 0 Å². The molecule has 0 atom stereocenters. The van der Waals surface area contributed by atoms with Crippen molar-refractivity contribution >= 4 is 5.69 Å². The van der Waals surface area contributed by atoms with Crippen molar-refractivity contribution < 1.29 is 9.66 Å². The lowest BCUT2D eigenvalue weighted by molar-refractivity contribution is -0.385. The van der Waals surface area contributed by atoms with Gasteiger partial charge in [0.25, 0.3) is 5.69 Å². The van der Waals surface area contributed by atoms with Gasteiger partial charge in [-0.1, -0.05) is 12.1 Å². The molecular formula is C12H18N2O3. The molecule has 0 amide bonds. The van der Waals surface area contributed by atoms with Crippen molar-refractivity contribution in [1.29, 1.82) is 0 Å². The van der Waals surface area contributed by atoms with Crippen LogP contribution in [0.2, 0.25) is 0 Å². The van der Waals surface area contributed by atoms with Gasteiger partial charge in [-0.3, -0.25) is 10.1 Å². The largest absolute Gasteiger partial charge is 0.380 e. The zero-order valence-electron chi connectivity index (χ0n) is 10.2. The summed E-state index contributed by atoms with van der Waals surface area (Å²) >= 11 is 0. The van der Waals surface area contributed by atoms with E-state index in [-0.39, 0.29) is 10.6 Å². The van der Waals surface area contributed by atoms with E-state index in [0.29, 0.717) is 19.8 Å². The van der Waals surface area contributed by atoms with E-state index in [2.05, 4.69) is 5.32 Å². The zero-order valence-corrected chi connectivity index (χ0v) is 10.2. The van der Waals surface area contributed by atoms with Gasteiger partial charge in [-0.25, -0.2) is 0 Å². The molecule has 0 aliphatic heterocycles. The Morgan fingerprint density at radius 3 is 2.88 bits per heavy atom. The highest BCUT2D eigenvalue weighted by molar-refractivity contribution is 5.44. The number of rotatable bonds is 7. The minimum atomic E-state index is -0.348. The third kappa shape index (κ3) is 4.13. The van der Waals surface area contributed by atoms with E-state index in [1.54, 1.807) is 13.0 Å². The molecular weight excluding hydrogens is 220 g/mol. The second-order valence-electron chi connectivity index (χ2n) is 3.69. The molecule has 5 nitrogen and oxygen atoms in total. The highest BCUT2D eigenvalue weighted by Crippen LogP contribution is 2.20. The highest BCUT2D eigenvalue weighted by atomic mass is 16.6. The smallest absolute Gasteiger partial charge is 0.272 e. The molecule has 0 fully saturated rings. The Labute approximate surface area is 101 Å². The average Bonchev–Trinajstić information content (AvgIpc) is 2.30. The molecule has 1 N–H and O–H groups in total. The Bertz CT molecular complexity index is 380. The van der Waals surface area contributed by atoms with Crippen LogP contribution in [-0.4, -0.2) is 24.7 Å². The van der Waals surface area contributed by atoms with Crippen LogP contribution in [0.25, 0.3) is 0 Å². The maximum Gasteiger partial charge on any atom is 0.272 e. The molecule has 0 saturated heterocycles. The van der Waals surface area contributed by atoms with Gasteiger partial charge in [0.05, 0.1) is 11.5 Å². The van der Waals surface area contributed by atoms with E-state index in [1.165, 1.54) is 6.07 Å². The lowest BCUT2D eigenvalue weighted by atomic mass is 10.1. The topological polar surface area (TPSA) is 64.4 Å². The predicted octanol–water partition coefficient (Wildman–Crippen LogP) is 2.03. The summed E-state index contributed by atoms with van der Waals surface area (Å²) in [5.74, 6) is 0. The molecule has 5 heteroatoms. The van der Waals surface area contributed by atoms with Crippen molar-refractivity contribution in [3.63, 3.8) is 0 Å². The number of nitrogens with zero attached hydrogens (tertiary/aromatic N) is 1. The maximum absolute atomic E-state index is 10.8. The monoisotopic (exact) mass is 238 g/mol. The predicted molar refractivity (Wildman–Crippen MR) is 66.0 cm³/mol. The second-order valence-corrected chi connectivity index (χ2v) is 3.69. The molecule has 0 radical (unpaired) electrons. The van der Waals surface area contributed by atoms with Gasteiger partial charge in [0.15, 0.2) is 0 Å². The molecule has 1 rings (SSSR count). The summed E-state index contributed by atoms with van der Waals surface area (Å²) in [6.45, 7) is 6.46. The first-order valence-electron chi connectivity index (χ1n) is 5.68. The Morgan fingerprint density at radius 2 is 2.24 bits per heavy atom. The van der Waals surface area contributed by atoms with E-state index in [1.807, 2.05) is 13.0 Å². The number of hydrogen-bond acceptors (Lipinski definition) is 4. The third-order valence-corrected chi connectivity index (χ3v) is 2.56. The highest BCUT2D eigenvalue weighted by Gasteiger charge is 2.12. The van der Waals surface area contributed by atoms with Crippen LogP contribution in [0.4, 0.5) is 5.69 Å². The lowest BCUT2D eigenvalue weighted by Gasteiger charge is -2.08. The van der Waals surface area contributed by atoms with Crippen molar-refractivity contribution in [2.24, 2.45) is 0 Å². The van der Waals surface area contributed by atoms with Crippen LogP contribution in [-0.2, 0) is 11.3 Å². The van der Waals surface area contributed by atoms with Crippen LogP contribution in [0.3, 0.4) is 0 Å². The lowest BCUT2D eigenvalue weighted by Crippen LogP contribution is -2.19. The van der Waals surface area contributed by atoms with Crippen molar-refractivity contribution in [3.05, 3.63) is 39.4 Å². The fourth-order valence-electron chi connectivity index (χ4n) is 1.57. The number of nitrogens with one attached hydrogen (secondary N) is 1. The zero-order chi connectivity index (χ0) is 12.7. The van der Waals surface area contributed by atoms with Gasteiger partial charge in [0.2, 0.25) is 0 Å². The molecule has 0 aromatic heterocycles. The number of hydrogen-bond donors (Lipinski definition) is 1. The average molecular weight is 238 g/mol. The molecule has 0 bridgehead atoms. The fraction of sp³-hybridized carbons (Fsp3) is 0.500. The molecule has 0 saturated carbocycles. The third-order valence-electron chi connectivity index (χ3n) is 2.56. The number of ether oxygens (including phenoxy) is 1. The number of nitro groups is 1. The van der Waals surface area contributed by atoms with Crippen LogP contribution >= 0.6 is 0 Å². The van der Waals surface area contributed by atoms with Crippen molar-refractivity contribution in [3.8, 4) is 0 Å². The fourth-order valence-corrected chi connectivity index (χ4v) is 1.57. The van der Waals surface area contributed by atoms with Crippen LogP contribution in [0.15, 0.2) is 18.2 Å². The summed E-state index contributed by atoms with van der Waals surface area (Å²) in [4.78, 5) is 10.4.